The zero-order chi connectivity index (χ0) is 16.4. The lowest BCUT2D eigenvalue weighted by atomic mass is 10.1. The number of hydrogen-bond acceptors (Lipinski definition) is 5. The van der Waals surface area contributed by atoms with Crippen molar-refractivity contribution >= 4 is 0 Å². The van der Waals surface area contributed by atoms with Gasteiger partial charge in [-0.1, -0.05) is 12.1 Å². The minimum absolute atomic E-state index is 0.0816. The van der Waals surface area contributed by atoms with Crippen molar-refractivity contribution in [1.29, 1.82) is 0 Å². The molecule has 5 nitrogen and oxygen atoms in total. The Morgan fingerprint density at radius 3 is 3.00 bits per heavy atom. The number of ether oxygens (including phenoxy) is 2. The van der Waals surface area contributed by atoms with Gasteiger partial charge < -0.3 is 9.47 Å². The SMILES string of the molecule is Cc1cccc(CN2CCO[C@H]3[C@H](Oc4ccccn4)CC[C@@H]32)n1. The van der Waals surface area contributed by atoms with Crippen molar-refractivity contribution in [1.82, 2.24) is 14.9 Å². The topological polar surface area (TPSA) is 47.5 Å². The van der Waals surface area contributed by atoms with Gasteiger partial charge in [0.25, 0.3) is 0 Å². The third kappa shape index (κ3) is 3.28. The van der Waals surface area contributed by atoms with E-state index in [9.17, 15) is 0 Å². The molecule has 3 atom stereocenters. The monoisotopic (exact) mass is 325 g/mol. The van der Waals surface area contributed by atoms with Crippen molar-refractivity contribution in [2.75, 3.05) is 13.2 Å². The molecule has 1 saturated carbocycles. The van der Waals surface area contributed by atoms with Crippen LogP contribution in [0.4, 0.5) is 0 Å². The quantitative estimate of drug-likeness (QED) is 0.865. The standard InChI is InChI=1S/C19H23N3O2/c1-14-5-4-6-15(21-14)13-22-11-12-23-19-16(22)8-9-17(19)24-18-7-2-3-10-20-18/h2-7,10,16-17,19H,8-9,11-13H2,1H3/t16-,17+,19+/m0/s1. The van der Waals surface area contributed by atoms with Gasteiger partial charge in [-0.25, -0.2) is 4.98 Å². The van der Waals surface area contributed by atoms with Gasteiger partial charge in [-0.05, 0) is 38.0 Å². The Morgan fingerprint density at radius 1 is 1.21 bits per heavy atom. The first kappa shape index (κ1) is 15.5. The maximum Gasteiger partial charge on any atom is 0.213 e. The largest absolute Gasteiger partial charge is 0.472 e. The van der Waals surface area contributed by atoms with Gasteiger partial charge in [-0.3, -0.25) is 9.88 Å². The van der Waals surface area contributed by atoms with E-state index in [-0.39, 0.29) is 12.2 Å². The van der Waals surface area contributed by atoms with E-state index in [1.54, 1.807) is 6.20 Å². The summed E-state index contributed by atoms with van der Waals surface area (Å²) in [7, 11) is 0. The van der Waals surface area contributed by atoms with Crippen molar-refractivity contribution in [3.8, 4) is 5.88 Å². The first-order valence-corrected chi connectivity index (χ1v) is 8.65. The number of morpholine rings is 1. The van der Waals surface area contributed by atoms with Gasteiger partial charge in [0.1, 0.15) is 12.2 Å². The van der Waals surface area contributed by atoms with Gasteiger partial charge in [0.2, 0.25) is 5.88 Å². The molecule has 0 N–H and O–H groups in total. The summed E-state index contributed by atoms with van der Waals surface area (Å²) >= 11 is 0. The molecule has 0 aromatic carbocycles. The third-order valence-electron chi connectivity index (χ3n) is 4.87. The number of aryl methyl sites for hydroxylation is 1. The van der Waals surface area contributed by atoms with Crippen LogP contribution < -0.4 is 4.74 Å². The maximum absolute atomic E-state index is 6.08. The average Bonchev–Trinajstić information content (AvgIpc) is 3.00. The van der Waals surface area contributed by atoms with E-state index in [0.717, 1.165) is 43.9 Å². The summed E-state index contributed by atoms with van der Waals surface area (Å²) in [6.07, 6.45) is 4.06. The summed E-state index contributed by atoms with van der Waals surface area (Å²) in [5, 5.41) is 0. The van der Waals surface area contributed by atoms with Crippen molar-refractivity contribution in [3.05, 3.63) is 54.0 Å². The molecule has 24 heavy (non-hydrogen) atoms. The highest BCUT2D eigenvalue weighted by Gasteiger charge is 2.44. The van der Waals surface area contributed by atoms with Gasteiger partial charge in [0.15, 0.2) is 0 Å². The molecule has 1 saturated heterocycles. The van der Waals surface area contributed by atoms with Crippen LogP contribution >= 0.6 is 0 Å². The third-order valence-corrected chi connectivity index (χ3v) is 4.87. The van der Waals surface area contributed by atoms with E-state index in [0.29, 0.717) is 11.9 Å². The van der Waals surface area contributed by atoms with Crippen LogP contribution in [0.15, 0.2) is 42.6 Å². The van der Waals surface area contributed by atoms with E-state index in [2.05, 4.69) is 27.0 Å². The number of pyridine rings is 2. The molecule has 2 aromatic heterocycles. The lowest BCUT2D eigenvalue weighted by Crippen LogP contribution is -2.51. The number of fused-ring (bicyclic) bond motifs is 1. The molecule has 0 spiro atoms. The zero-order valence-corrected chi connectivity index (χ0v) is 14.0. The number of nitrogens with zero attached hydrogens (tertiary/aromatic N) is 3. The molecule has 0 amide bonds. The minimum Gasteiger partial charge on any atom is -0.472 e. The van der Waals surface area contributed by atoms with Crippen LogP contribution in [0.1, 0.15) is 24.2 Å². The van der Waals surface area contributed by atoms with Crippen molar-refractivity contribution < 1.29 is 9.47 Å². The Bertz CT molecular complexity index is 679. The van der Waals surface area contributed by atoms with Gasteiger partial charge in [-0.2, -0.15) is 0 Å². The molecule has 3 heterocycles. The fourth-order valence-electron chi connectivity index (χ4n) is 3.78. The number of rotatable bonds is 4. The Hall–Kier alpha value is -1.98. The average molecular weight is 325 g/mol. The second kappa shape index (κ2) is 6.87. The Balaban J connectivity index is 1.44. The van der Waals surface area contributed by atoms with Gasteiger partial charge >= 0.3 is 0 Å². The smallest absolute Gasteiger partial charge is 0.213 e. The molecule has 0 bridgehead atoms. The molecule has 1 aliphatic heterocycles. The minimum atomic E-state index is 0.0816. The van der Waals surface area contributed by atoms with Crippen LogP contribution in [0.2, 0.25) is 0 Å². The van der Waals surface area contributed by atoms with E-state index in [4.69, 9.17) is 9.47 Å². The van der Waals surface area contributed by atoms with Crippen LogP contribution in [-0.4, -0.2) is 46.3 Å². The van der Waals surface area contributed by atoms with Crippen LogP contribution in [0, 0.1) is 6.92 Å². The van der Waals surface area contributed by atoms with Crippen molar-refractivity contribution in [2.24, 2.45) is 0 Å². The Morgan fingerprint density at radius 2 is 2.17 bits per heavy atom. The molecule has 4 rings (SSSR count). The van der Waals surface area contributed by atoms with Crippen LogP contribution in [0.3, 0.4) is 0 Å². The first-order valence-electron chi connectivity index (χ1n) is 8.65. The number of aromatic nitrogens is 2. The van der Waals surface area contributed by atoms with E-state index in [1.165, 1.54) is 0 Å². The van der Waals surface area contributed by atoms with Crippen molar-refractivity contribution in [2.45, 2.75) is 44.6 Å². The first-order chi connectivity index (χ1) is 11.8. The van der Waals surface area contributed by atoms with Crippen LogP contribution in [-0.2, 0) is 11.3 Å². The molecule has 0 unspecified atom stereocenters. The van der Waals surface area contributed by atoms with Crippen LogP contribution in [0.25, 0.3) is 0 Å². The second-order valence-corrected chi connectivity index (χ2v) is 6.55. The summed E-state index contributed by atoms with van der Waals surface area (Å²) in [4.78, 5) is 11.4. The van der Waals surface area contributed by atoms with Gasteiger partial charge in [0.05, 0.1) is 12.3 Å². The molecular weight excluding hydrogens is 302 g/mol. The summed E-state index contributed by atoms with van der Waals surface area (Å²) in [5.41, 5.74) is 2.20. The zero-order valence-electron chi connectivity index (χ0n) is 14.0. The lowest BCUT2D eigenvalue weighted by molar-refractivity contribution is -0.0925. The predicted octanol–water partition coefficient (Wildman–Crippen LogP) is 2.60. The molecule has 2 fully saturated rings. The molecule has 5 heteroatoms. The highest BCUT2D eigenvalue weighted by atomic mass is 16.5. The summed E-state index contributed by atoms with van der Waals surface area (Å²) in [6.45, 7) is 4.61. The fourth-order valence-corrected chi connectivity index (χ4v) is 3.78. The fraction of sp³-hybridized carbons (Fsp3) is 0.474. The molecular formula is C19H23N3O2. The van der Waals surface area contributed by atoms with E-state index >= 15 is 0 Å². The van der Waals surface area contributed by atoms with Gasteiger partial charge in [-0.15, -0.1) is 0 Å². The second-order valence-electron chi connectivity index (χ2n) is 6.55. The van der Waals surface area contributed by atoms with Crippen LogP contribution in [0.5, 0.6) is 5.88 Å². The normalized spacial score (nSPS) is 27.0. The summed E-state index contributed by atoms with van der Waals surface area (Å²) in [6, 6.07) is 12.4. The summed E-state index contributed by atoms with van der Waals surface area (Å²) in [5.74, 6) is 0.684. The maximum atomic E-state index is 6.08. The molecule has 2 aromatic rings. The number of hydrogen-bond donors (Lipinski definition) is 0. The highest BCUT2D eigenvalue weighted by Crippen LogP contribution is 2.33. The Labute approximate surface area is 142 Å². The highest BCUT2D eigenvalue weighted by molar-refractivity contribution is 5.13. The Kier molecular flexibility index (Phi) is 4.45. The van der Waals surface area contributed by atoms with E-state index in [1.807, 2.05) is 31.2 Å². The molecule has 1 aliphatic carbocycles. The van der Waals surface area contributed by atoms with Gasteiger partial charge in [0, 0.05) is 37.1 Å². The molecule has 0 radical (unpaired) electrons. The van der Waals surface area contributed by atoms with E-state index < -0.39 is 0 Å². The lowest BCUT2D eigenvalue weighted by Gasteiger charge is -2.38. The molecule has 126 valence electrons. The predicted molar refractivity (Wildman–Crippen MR) is 90.8 cm³/mol. The molecule has 2 aliphatic rings. The van der Waals surface area contributed by atoms with Crippen molar-refractivity contribution in [3.63, 3.8) is 0 Å². The summed E-state index contributed by atoms with van der Waals surface area (Å²) < 4.78 is 12.1.